The van der Waals surface area contributed by atoms with Gasteiger partial charge in [0.1, 0.15) is 17.3 Å². The average molecular weight is 485 g/mol. The number of carbonyl (C=O) groups is 2. The molecule has 36 heavy (non-hydrogen) atoms. The largest absolute Gasteiger partial charge is 0.461 e. The molecule has 0 spiro atoms. The molecule has 0 unspecified atom stereocenters. The molecule has 1 aliphatic rings. The van der Waals surface area contributed by atoms with Gasteiger partial charge >= 0.3 is 5.97 Å². The number of rotatable bonds is 5. The van der Waals surface area contributed by atoms with E-state index in [0.717, 1.165) is 10.7 Å². The van der Waals surface area contributed by atoms with Gasteiger partial charge in [0, 0.05) is 17.2 Å². The first kappa shape index (κ1) is 23.0. The number of hydrogen-bond donors (Lipinski definition) is 1. The molecular weight excluding hydrogens is 465 g/mol. The summed E-state index contributed by atoms with van der Waals surface area (Å²) in [5.41, 5.74) is 0.541. The van der Waals surface area contributed by atoms with E-state index < -0.39 is 29.2 Å². The number of esters is 1. The Morgan fingerprint density at radius 1 is 1.00 bits per heavy atom. The highest BCUT2D eigenvalue weighted by atomic mass is 19.1. The summed E-state index contributed by atoms with van der Waals surface area (Å²) in [6.07, 6.45) is 0. The molecule has 1 amide bonds. The molecule has 3 aromatic carbocycles. The quantitative estimate of drug-likeness (QED) is 0.420. The SMILES string of the molecule is CCOC(=O)c1nn(-c2ccc(F)cc2)c(=O)cc1NC(=O)C1c2ccccc2Oc2ccccc21. The van der Waals surface area contributed by atoms with E-state index in [1.807, 2.05) is 0 Å². The van der Waals surface area contributed by atoms with E-state index in [1.54, 1.807) is 55.5 Å². The van der Waals surface area contributed by atoms with Crippen LogP contribution in [0.4, 0.5) is 10.1 Å². The minimum Gasteiger partial charge on any atom is -0.461 e. The highest BCUT2D eigenvalue weighted by Gasteiger charge is 2.33. The summed E-state index contributed by atoms with van der Waals surface area (Å²) in [6, 6.07) is 20.4. The zero-order valence-corrected chi connectivity index (χ0v) is 19.1. The van der Waals surface area contributed by atoms with E-state index in [-0.39, 0.29) is 23.7 Å². The summed E-state index contributed by atoms with van der Waals surface area (Å²) in [5, 5.41) is 6.84. The Bertz CT molecular complexity index is 1490. The standard InChI is InChI=1S/C27H20FN3O5/c1-2-35-27(34)25-20(15-23(32)31(30-25)17-13-11-16(28)12-14-17)29-26(33)24-18-7-3-5-9-21(18)36-22-10-6-4-8-19(22)24/h3-15,24H,2H2,1H3,(H,29,33). The molecule has 0 atom stereocenters. The first-order valence-corrected chi connectivity index (χ1v) is 11.2. The molecule has 2 heterocycles. The van der Waals surface area contributed by atoms with Gasteiger partial charge in [-0.05, 0) is 43.3 Å². The van der Waals surface area contributed by atoms with Gasteiger partial charge in [-0.3, -0.25) is 9.59 Å². The van der Waals surface area contributed by atoms with Crippen molar-refractivity contribution in [2.75, 3.05) is 11.9 Å². The van der Waals surface area contributed by atoms with Crippen LogP contribution in [0.25, 0.3) is 5.69 Å². The average Bonchev–Trinajstić information content (AvgIpc) is 2.88. The molecule has 1 N–H and O–H groups in total. The number of fused-ring (bicyclic) bond motifs is 2. The maximum Gasteiger partial charge on any atom is 0.360 e. The molecule has 9 heteroatoms. The van der Waals surface area contributed by atoms with Crippen molar-refractivity contribution < 1.29 is 23.5 Å². The molecule has 0 saturated carbocycles. The second-order valence-corrected chi connectivity index (χ2v) is 7.95. The minimum absolute atomic E-state index is 0.0598. The molecule has 4 aromatic rings. The monoisotopic (exact) mass is 485 g/mol. The molecule has 0 radical (unpaired) electrons. The number of hydrogen-bond acceptors (Lipinski definition) is 6. The minimum atomic E-state index is -0.823. The van der Waals surface area contributed by atoms with Gasteiger partial charge in [0.05, 0.1) is 23.9 Å². The molecule has 8 nitrogen and oxygen atoms in total. The molecular formula is C27H20FN3O5. The van der Waals surface area contributed by atoms with Crippen molar-refractivity contribution in [3.05, 3.63) is 112 Å². The highest BCUT2D eigenvalue weighted by Crippen LogP contribution is 2.44. The molecule has 0 bridgehead atoms. The Labute approximate surface area is 204 Å². The van der Waals surface area contributed by atoms with Crippen LogP contribution in [0.15, 0.2) is 83.7 Å². The molecule has 0 fully saturated rings. The third kappa shape index (κ3) is 4.22. The first-order valence-electron chi connectivity index (χ1n) is 11.2. The van der Waals surface area contributed by atoms with E-state index in [2.05, 4.69) is 10.4 Å². The molecule has 1 aliphatic heterocycles. The van der Waals surface area contributed by atoms with Gasteiger partial charge in [0.15, 0.2) is 5.69 Å². The maximum atomic E-state index is 13.6. The molecule has 1 aromatic heterocycles. The lowest BCUT2D eigenvalue weighted by Crippen LogP contribution is -2.30. The summed E-state index contributed by atoms with van der Waals surface area (Å²) in [5.74, 6) is -1.49. The van der Waals surface area contributed by atoms with Gasteiger partial charge < -0.3 is 14.8 Å². The third-order valence-corrected chi connectivity index (χ3v) is 5.67. The fourth-order valence-corrected chi connectivity index (χ4v) is 4.07. The maximum absolute atomic E-state index is 13.6. The van der Waals surface area contributed by atoms with E-state index in [1.165, 1.54) is 24.3 Å². The Balaban J connectivity index is 1.57. The van der Waals surface area contributed by atoms with Crippen LogP contribution in [0.2, 0.25) is 0 Å². The van der Waals surface area contributed by atoms with Crippen LogP contribution in [-0.4, -0.2) is 28.3 Å². The van der Waals surface area contributed by atoms with Crippen molar-refractivity contribution in [3.8, 4) is 17.2 Å². The number of nitrogens with zero attached hydrogens (tertiary/aromatic N) is 2. The van der Waals surface area contributed by atoms with Gasteiger partial charge in [-0.15, -0.1) is 0 Å². The molecule has 5 rings (SSSR count). The summed E-state index contributed by atoms with van der Waals surface area (Å²) >= 11 is 0. The number of carbonyl (C=O) groups excluding carboxylic acids is 2. The third-order valence-electron chi connectivity index (χ3n) is 5.67. The summed E-state index contributed by atoms with van der Waals surface area (Å²) in [4.78, 5) is 39.3. The number of ether oxygens (including phenoxy) is 2. The van der Waals surface area contributed by atoms with E-state index in [9.17, 15) is 18.8 Å². The Morgan fingerprint density at radius 3 is 2.22 bits per heavy atom. The van der Waals surface area contributed by atoms with Crippen molar-refractivity contribution in [1.29, 1.82) is 0 Å². The second kappa shape index (κ2) is 9.46. The summed E-state index contributed by atoms with van der Waals surface area (Å²) in [7, 11) is 0. The van der Waals surface area contributed by atoms with Crippen LogP contribution < -0.4 is 15.6 Å². The summed E-state index contributed by atoms with van der Waals surface area (Å²) < 4.78 is 25.4. The van der Waals surface area contributed by atoms with Crippen LogP contribution in [0, 0.1) is 5.82 Å². The molecule has 0 aliphatic carbocycles. The van der Waals surface area contributed by atoms with Crippen molar-refractivity contribution in [3.63, 3.8) is 0 Å². The van der Waals surface area contributed by atoms with Crippen molar-refractivity contribution in [2.24, 2.45) is 0 Å². The second-order valence-electron chi connectivity index (χ2n) is 7.95. The number of benzene rings is 3. The Morgan fingerprint density at radius 2 is 1.61 bits per heavy atom. The zero-order chi connectivity index (χ0) is 25.2. The van der Waals surface area contributed by atoms with Gasteiger partial charge in [-0.2, -0.15) is 9.78 Å². The smallest absolute Gasteiger partial charge is 0.360 e. The van der Waals surface area contributed by atoms with Crippen LogP contribution in [0.1, 0.15) is 34.5 Å². The van der Waals surface area contributed by atoms with Crippen LogP contribution >= 0.6 is 0 Å². The lowest BCUT2D eigenvalue weighted by molar-refractivity contribution is -0.116. The number of halogens is 1. The molecule has 180 valence electrons. The van der Waals surface area contributed by atoms with Crippen molar-refractivity contribution in [2.45, 2.75) is 12.8 Å². The fourth-order valence-electron chi connectivity index (χ4n) is 4.07. The Kier molecular flexibility index (Phi) is 6.03. The molecule has 0 saturated heterocycles. The predicted molar refractivity (Wildman–Crippen MR) is 129 cm³/mol. The van der Waals surface area contributed by atoms with Gasteiger partial charge in [0.25, 0.3) is 5.56 Å². The number of anilines is 1. The van der Waals surface area contributed by atoms with Crippen molar-refractivity contribution >= 4 is 17.6 Å². The van der Waals surface area contributed by atoms with Gasteiger partial charge in [0.2, 0.25) is 5.91 Å². The van der Waals surface area contributed by atoms with E-state index in [0.29, 0.717) is 22.6 Å². The van der Waals surface area contributed by atoms with Crippen LogP contribution in [-0.2, 0) is 9.53 Å². The predicted octanol–water partition coefficient (Wildman–Crippen LogP) is 4.42. The van der Waals surface area contributed by atoms with Crippen LogP contribution in [0.5, 0.6) is 11.5 Å². The fraction of sp³-hybridized carbons (Fsp3) is 0.111. The topological polar surface area (TPSA) is 99.5 Å². The lowest BCUT2D eigenvalue weighted by atomic mass is 9.87. The number of aromatic nitrogens is 2. The highest BCUT2D eigenvalue weighted by molar-refractivity contribution is 6.04. The summed E-state index contributed by atoms with van der Waals surface area (Å²) in [6.45, 7) is 1.69. The van der Waals surface area contributed by atoms with Gasteiger partial charge in [-0.1, -0.05) is 36.4 Å². The lowest BCUT2D eigenvalue weighted by Gasteiger charge is -2.27. The number of amides is 1. The normalized spacial score (nSPS) is 12.2. The number of nitrogens with one attached hydrogen (secondary N) is 1. The zero-order valence-electron chi connectivity index (χ0n) is 19.1. The Hall–Kier alpha value is -4.79. The van der Waals surface area contributed by atoms with Gasteiger partial charge in [-0.25, -0.2) is 9.18 Å². The number of para-hydroxylation sites is 2. The van der Waals surface area contributed by atoms with E-state index in [4.69, 9.17) is 9.47 Å². The van der Waals surface area contributed by atoms with E-state index >= 15 is 0 Å². The first-order chi connectivity index (χ1) is 17.5. The van der Waals surface area contributed by atoms with Crippen molar-refractivity contribution in [1.82, 2.24) is 9.78 Å². The van der Waals surface area contributed by atoms with Crippen LogP contribution in [0.3, 0.4) is 0 Å².